The van der Waals surface area contributed by atoms with E-state index in [0.717, 1.165) is 18.4 Å². The highest BCUT2D eigenvalue weighted by Gasteiger charge is 2.44. The summed E-state index contributed by atoms with van der Waals surface area (Å²) in [5.74, 6) is -1.28. The number of carboxylic acid groups (broad SMARTS) is 1. The van der Waals surface area contributed by atoms with Gasteiger partial charge in [-0.1, -0.05) is 12.1 Å². The Morgan fingerprint density at radius 1 is 1.21 bits per heavy atom. The fourth-order valence-electron chi connectivity index (χ4n) is 3.51. The third-order valence-corrected chi connectivity index (χ3v) is 5.29. The number of aliphatic carboxylic acids is 1. The maximum atomic E-state index is 13.4. The van der Waals surface area contributed by atoms with Crippen molar-refractivity contribution < 1.29 is 19.1 Å². The first-order valence-corrected chi connectivity index (χ1v) is 8.52. The van der Waals surface area contributed by atoms with Crippen molar-refractivity contribution in [3.63, 3.8) is 0 Å². The third-order valence-electron chi connectivity index (χ3n) is 5.29. The van der Waals surface area contributed by atoms with Crippen LogP contribution in [-0.4, -0.2) is 29.7 Å². The second-order valence-corrected chi connectivity index (χ2v) is 7.00. The molecular weight excluding hydrogens is 311 g/mol. The van der Waals surface area contributed by atoms with E-state index >= 15 is 0 Å². The van der Waals surface area contributed by atoms with Gasteiger partial charge in [-0.2, -0.15) is 0 Å². The van der Waals surface area contributed by atoms with E-state index in [2.05, 4.69) is 10.6 Å². The van der Waals surface area contributed by atoms with E-state index in [9.17, 15) is 14.0 Å². The van der Waals surface area contributed by atoms with Crippen molar-refractivity contribution in [3.05, 3.63) is 35.6 Å². The quantitative estimate of drug-likeness (QED) is 0.775. The van der Waals surface area contributed by atoms with Crippen molar-refractivity contribution in [3.8, 4) is 0 Å². The van der Waals surface area contributed by atoms with Gasteiger partial charge in [0, 0.05) is 18.0 Å². The lowest BCUT2D eigenvalue weighted by atomic mass is 9.86. The van der Waals surface area contributed by atoms with Gasteiger partial charge in [0.25, 0.3) is 0 Å². The molecule has 6 heteroatoms. The number of urea groups is 1. The minimum atomic E-state index is -0.747. The van der Waals surface area contributed by atoms with Crippen LogP contribution in [0.5, 0.6) is 0 Å². The molecule has 1 aromatic rings. The highest BCUT2D eigenvalue weighted by Crippen LogP contribution is 2.47. The largest absolute Gasteiger partial charge is 0.481 e. The van der Waals surface area contributed by atoms with Gasteiger partial charge in [-0.25, -0.2) is 9.18 Å². The summed E-state index contributed by atoms with van der Waals surface area (Å²) in [4.78, 5) is 23.0. The lowest BCUT2D eigenvalue weighted by Crippen LogP contribution is -2.46. The molecule has 3 N–H and O–H groups in total. The standard InChI is InChI=1S/C18H23FN2O3/c19-14-3-1-2-13(10-14)18(8-9-18)11-20-17(24)21-15-6-4-12(5-7-15)16(22)23/h1-3,10,12,15H,4-9,11H2,(H,22,23)(H2,20,21,24). The fraction of sp³-hybridized carbons (Fsp3) is 0.556. The van der Waals surface area contributed by atoms with Crippen LogP contribution in [0.2, 0.25) is 0 Å². The zero-order chi connectivity index (χ0) is 17.2. The molecule has 2 saturated carbocycles. The highest BCUT2D eigenvalue weighted by molar-refractivity contribution is 5.74. The normalized spacial score (nSPS) is 24.9. The van der Waals surface area contributed by atoms with E-state index in [0.29, 0.717) is 32.2 Å². The van der Waals surface area contributed by atoms with E-state index < -0.39 is 5.97 Å². The summed E-state index contributed by atoms with van der Waals surface area (Å²) >= 11 is 0. The molecule has 0 aliphatic heterocycles. The van der Waals surface area contributed by atoms with Gasteiger partial charge in [0.05, 0.1) is 5.92 Å². The summed E-state index contributed by atoms with van der Waals surface area (Å²) in [6, 6.07) is 6.38. The Morgan fingerprint density at radius 2 is 1.92 bits per heavy atom. The lowest BCUT2D eigenvalue weighted by molar-refractivity contribution is -0.142. The van der Waals surface area contributed by atoms with E-state index in [1.54, 1.807) is 12.1 Å². The molecule has 2 aliphatic rings. The molecule has 2 aliphatic carbocycles. The van der Waals surface area contributed by atoms with Gasteiger partial charge in [0.2, 0.25) is 0 Å². The van der Waals surface area contributed by atoms with Gasteiger partial charge >= 0.3 is 12.0 Å². The minimum absolute atomic E-state index is 0.0323. The van der Waals surface area contributed by atoms with Gasteiger partial charge in [0.1, 0.15) is 5.82 Å². The number of amides is 2. The van der Waals surface area contributed by atoms with Gasteiger partial charge in [-0.3, -0.25) is 4.79 Å². The first-order valence-electron chi connectivity index (χ1n) is 8.52. The Labute approximate surface area is 140 Å². The first-order chi connectivity index (χ1) is 11.5. The molecule has 24 heavy (non-hydrogen) atoms. The predicted molar refractivity (Wildman–Crippen MR) is 87.2 cm³/mol. The molecule has 2 amide bonds. The van der Waals surface area contributed by atoms with Crippen molar-refractivity contribution in [2.45, 2.75) is 50.0 Å². The van der Waals surface area contributed by atoms with E-state index in [1.165, 1.54) is 6.07 Å². The van der Waals surface area contributed by atoms with Gasteiger partial charge in [-0.05, 0) is 56.2 Å². The van der Waals surface area contributed by atoms with Crippen LogP contribution in [0, 0.1) is 11.7 Å². The monoisotopic (exact) mass is 334 g/mol. The number of benzene rings is 1. The number of rotatable bonds is 5. The second-order valence-electron chi connectivity index (χ2n) is 7.00. The molecule has 0 aromatic heterocycles. The Balaban J connectivity index is 1.46. The Kier molecular flexibility index (Phi) is 4.73. The molecule has 3 rings (SSSR count). The SMILES string of the molecule is O=C(NCC1(c2cccc(F)c2)CC1)NC1CCC(C(=O)O)CC1. The number of carboxylic acids is 1. The van der Waals surface area contributed by atoms with Crippen LogP contribution in [0.4, 0.5) is 9.18 Å². The molecule has 0 saturated heterocycles. The van der Waals surface area contributed by atoms with Crippen molar-refractivity contribution in [2.75, 3.05) is 6.54 Å². The van der Waals surface area contributed by atoms with E-state index in [1.807, 2.05) is 6.07 Å². The molecule has 0 spiro atoms. The van der Waals surface area contributed by atoms with Crippen LogP contribution in [0.25, 0.3) is 0 Å². The highest BCUT2D eigenvalue weighted by atomic mass is 19.1. The van der Waals surface area contributed by atoms with E-state index in [4.69, 9.17) is 5.11 Å². The van der Waals surface area contributed by atoms with Crippen LogP contribution in [-0.2, 0) is 10.2 Å². The lowest BCUT2D eigenvalue weighted by Gasteiger charge is -2.27. The molecular formula is C18H23FN2O3. The van der Waals surface area contributed by atoms with Crippen LogP contribution in [0.15, 0.2) is 24.3 Å². The average molecular weight is 334 g/mol. The Morgan fingerprint density at radius 3 is 2.50 bits per heavy atom. The number of carbonyl (C=O) groups is 2. The second kappa shape index (κ2) is 6.79. The molecule has 2 fully saturated rings. The number of nitrogens with one attached hydrogen (secondary N) is 2. The number of hydrogen-bond donors (Lipinski definition) is 3. The summed E-state index contributed by atoms with van der Waals surface area (Å²) in [6.07, 6.45) is 4.49. The summed E-state index contributed by atoms with van der Waals surface area (Å²) < 4.78 is 13.4. The van der Waals surface area contributed by atoms with Crippen LogP contribution >= 0.6 is 0 Å². The minimum Gasteiger partial charge on any atom is -0.481 e. The number of halogens is 1. The van der Waals surface area contributed by atoms with Crippen LogP contribution in [0.3, 0.4) is 0 Å². The van der Waals surface area contributed by atoms with Crippen molar-refractivity contribution in [1.82, 2.24) is 10.6 Å². The summed E-state index contributed by atoms with van der Waals surface area (Å²) in [5, 5.41) is 14.8. The molecule has 5 nitrogen and oxygen atoms in total. The summed E-state index contributed by atoms with van der Waals surface area (Å²) in [6.45, 7) is 0.493. The fourth-order valence-corrected chi connectivity index (χ4v) is 3.51. The molecule has 0 bridgehead atoms. The number of hydrogen-bond acceptors (Lipinski definition) is 2. The maximum Gasteiger partial charge on any atom is 0.315 e. The molecule has 0 atom stereocenters. The Hall–Kier alpha value is -2.11. The molecule has 0 heterocycles. The smallest absolute Gasteiger partial charge is 0.315 e. The summed E-state index contributed by atoms with van der Waals surface area (Å²) in [7, 11) is 0. The molecule has 130 valence electrons. The van der Waals surface area contributed by atoms with Gasteiger partial charge in [0.15, 0.2) is 0 Å². The first kappa shape index (κ1) is 16.7. The number of carbonyl (C=O) groups excluding carboxylic acids is 1. The topological polar surface area (TPSA) is 78.4 Å². The molecule has 0 unspecified atom stereocenters. The van der Waals surface area contributed by atoms with Gasteiger partial charge in [-0.15, -0.1) is 0 Å². The average Bonchev–Trinajstić information content (AvgIpc) is 3.35. The third kappa shape index (κ3) is 3.86. The van der Waals surface area contributed by atoms with E-state index in [-0.39, 0.29) is 29.2 Å². The maximum absolute atomic E-state index is 13.4. The van der Waals surface area contributed by atoms with Crippen molar-refractivity contribution in [1.29, 1.82) is 0 Å². The Bertz CT molecular complexity index is 622. The zero-order valence-electron chi connectivity index (χ0n) is 13.6. The summed E-state index contributed by atoms with van der Waals surface area (Å²) in [5.41, 5.74) is 0.796. The van der Waals surface area contributed by atoms with Crippen molar-refractivity contribution >= 4 is 12.0 Å². The van der Waals surface area contributed by atoms with Crippen LogP contribution < -0.4 is 10.6 Å². The van der Waals surface area contributed by atoms with Crippen LogP contribution in [0.1, 0.15) is 44.1 Å². The predicted octanol–water partition coefficient (Wildman–Crippen LogP) is 2.80. The molecule has 0 radical (unpaired) electrons. The molecule has 1 aromatic carbocycles. The van der Waals surface area contributed by atoms with Crippen molar-refractivity contribution in [2.24, 2.45) is 5.92 Å². The van der Waals surface area contributed by atoms with Gasteiger partial charge < -0.3 is 15.7 Å². The zero-order valence-corrected chi connectivity index (χ0v) is 13.6.